The summed E-state index contributed by atoms with van der Waals surface area (Å²) in [7, 11) is 0. The number of hydrogen-bond acceptors (Lipinski definition) is 4. The predicted octanol–water partition coefficient (Wildman–Crippen LogP) is 1.48. The zero-order chi connectivity index (χ0) is 11.1. The van der Waals surface area contributed by atoms with Gasteiger partial charge in [-0.05, 0) is 32.6 Å². The monoisotopic (exact) mass is 214 g/mol. The average molecular weight is 214 g/mol. The second-order valence-electron chi connectivity index (χ2n) is 4.85. The molecule has 4 nitrogen and oxygen atoms in total. The summed E-state index contributed by atoms with van der Waals surface area (Å²) < 4.78 is 16.5. The summed E-state index contributed by atoms with van der Waals surface area (Å²) in [5.74, 6) is -0.268. The van der Waals surface area contributed by atoms with Crippen LogP contribution in [0.2, 0.25) is 0 Å². The van der Waals surface area contributed by atoms with Crippen molar-refractivity contribution in [1.82, 2.24) is 0 Å². The molecule has 4 heteroatoms. The number of carbonyl (C=O) groups excluding carboxylic acids is 1. The van der Waals surface area contributed by atoms with Crippen LogP contribution in [0.5, 0.6) is 0 Å². The summed E-state index contributed by atoms with van der Waals surface area (Å²) in [5, 5.41) is 0. The van der Waals surface area contributed by atoms with Crippen LogP contribution < -0.4 is 0 Å². The fraction of sp³-hybridized carbons (Fsp3) is 0.909. The van der Waals surface area contributed by atoms with Gasteiger partial charge in [0.1, 0.15) is 0 Å². The fourth-order valence-corrected chi connectivity index (χ4v) is 2.43. The highest BCUT2D eigenvalue weighted by Crippen LogP contribution is 2.40. The maximum atomic E-state index is 10.7. The van der Waals surface area contributed by atoms with Crippen LogP contribution in [0, 0.1) is 5.92 Å². The maximum Gasteiger partial charge on any atom is 0.302 e. The van der Waals surface area contributed by atoms with Crippen LogP contribution in [0.1, 0.15) is 33.6 Å². The fourth-order valence-electron chi connectivity index (χ4n) is 2.43. The molecule has 1 heterocycles. The van der Waals surface area contributed by atoms with Crippen molar-refractivity contribution in [3.63, 3.8) is 0 Å². The van der Waals surface area contributed by atoms with Crippen molar-refractivity contribution in [2.45, 2.75) is 51.6 Å². The van der Waals surface area contributed by atoms with E-state index in [0.29, 0.717) is 12.5 Å². The Morgan fingerprint density at radius 1 is 1.33 bits per heavy atom. The molecule has 2 aliphatic rings. The van der Waals surface area contributed by atoms with Gasteiger partial charge in [0, 0.05) is 6.92 Å². The molecular weight excluding hydrogens is 196 g/mol. The molecule has 0 bridgehead atoms. The highest BCUT2D eigenvalue weighted by atomic mass is 16.8. The molecule has 0 aromatic carbocycles. The van der Waals surface area contributed by atoms with Gasteiger partial charge in [-0.2, -0.15) is 0 Å². The molecule has 0 amide bonds. The van der Waals surface area contributed by atoms with E-state index in [1.807, 2.05) is 13.8 Å². The van der Waals surface area contributed by atoms with Crippen molar-refractivity contribution in [3.8, 4) is 0 Å². The Morgan fingerprint density at radius 2 is 1.87 bits per heavy atom. The molecule has 0 spiro atoms. The van der Waals surface area contributed by atoms with Gasteiger partial charge in [-0.25, -0.2) is 0 Å². The van der Waals surface area contributed by atoms with E-state index in [-0.39, 0.29) is 18.2 Å². The molecule has 0 aromatic heterocycles. The quantitative estimate of drug-likeness (QED) is 0.653. The number of esters is 1. The Labute approximate surface area is 89.9 Å². The molecule has 2 rings (SSSR count). The molecule has 0 aromatic rings. The van der Waals surface area contributed by atoms with Crippen LogP contribution in [0.25, 0.3) is 0 Å². The zero-order valence-corrected chi connectivity index (χ0v) is 9.49. The van der Waals surface area contributed by atoms with Gasteiger partial charge in [0.2, 0.25) is 0 Å². The number of rotatable bonds is 2. The van der Waals surface area contributed by atoms with E-state index in [4.69, 9.17) is 14.2 Å². The lowest BCUT2D eigenvalue weighted by Crippen LogP contribution is -2.23. The van der Waals surface area contributed by atoms with E-state index >= 15 is 0 Å². The minimum Gasteiger partial charge on any atom is -0.466 e. The average Bonchev–Trinajstić information content (AvgIpc) is 2.53. The highest BCUT2D eigenvalue weighted by Gasteiger charge is 2.47. The lowest BCUT2D eigenvalue weighted by Gasteiger charge is -2.20. The van der Waals surface area contributed by atoms with Crippen LogP contribution >= 0.6 is 0 Å². The van der Waals surface area contributed by atoms with Crippen LogP contribution in [0.15, 0.2) is 0 Å². The molecule has 15 heavy (non-hydrogen) atoms. The first kappa shape index (κ1) is 10.9. The molecule has 1 saturated carbocycles. The van der Waals surface area contributed by atoms with Crippen LogP contribution in [-0.2, 0) is 19.0 Å². The van der Waals surface area contributed by atoms with Gasteiger partial charge in [-0.15, -0.1) is 0 Å². The van der Waals surface area contributed by atoms with Crippen molar-refractivity contribution in [2.75, 3.05) is 6.61 Å². The molecule has 3 atom stereocenters. The molecule has 86 valence electrons. The maximum absolute atomic E-state index is 10.7. The first-order chi connectivity index (χ1) is 6.96. The van der Waals surface area contributed by atoms with E-state index in [0.717, 1.165) is 12.8 Å². The molecule has 0 N–H and O–H groups in total. The van der Waals surface area contributed by atoms with Crippen molar-refractivity contribution in [2.24, 2.45) is 5.92 Å². The summed E-state index contributed by atoms with van der Waals surface area (Å²) in [6.45, 7) is 5.81. The Balaban J connectivity index is 1.81. The van der Waals surface area contributed by atoms with Gasteiger partial charge < -0.3 is 14.2 Å². The van der Waals surface area contributed by atoms with Gasteiger partial charge in [-0.1, -0.05) is 0 Å². The van der Waals surface area contributed by atoms with Crippen molar-refractivity contribution in [3.05, 3.63) is 0 Å². The summed E-state index contributed by atoms with van der Waals surface area (Å²) >= 11 is 0. The summed E-state index contributed by atoms with van der Waals surface area (Å²) in [6.07, 6.45) is 2.23. The summed E-state index contributed by atoms with van der Waals surface area (Å²) in [5.41, 5.74) is 0. The SMILES string of the molecule is CC(=O)OCC1C[C@@H]2OC(C)(C)O[C@@H]2C1. The van der Waals surface area contributed by atoms with E-state index in [2.05, 4.69) is 0 Å². The summed E-state index contributed by atoms with van der Waals surface area (Å²) in [4.78, 5) is 10.7. The van der Waals surface area contributed by atoms with Gasteiger partial charge in [0.15, 0.2) is 5.79 Å². The minimum atomic E-state index is -0.443. The van der Waals surface area contributed by atoms with Gasteiger partial charge >= 0.3 is 5.97 Å². The van der Waals surface area contributed by atoms with E-state index in [1.165, 1.54) is 6.92 Å². The summed E-state index contributed by atoms with van der Waals surface area (Å²) in [6, 6.07) is 0. The van der Waals surface area contributed by atoms with Crippen LogP contribution in [-0.4, -0.2) is 30.6 Å². The van der Waals surface area contributed by atoms with E-state index < -0.39 is 5.79 Å². The number of fused-ring (bicyclic) bond motifs is 1. The molecule has 0 radical (unpaired) electrons. The third-order valence-corrected chi connectivity index (χ3v) is 2.94. The lowest BCUT2D eigenvalue weighted by atomic mass is 10.1. The first-order valence-corrected chi connectivity index (χ1v) is 5.45. The molecule has 1 saturated heterocycles. The largest absolute Gasteiger partial charge is 0.466 e. The minimum absolute atomic E-state index is 0.181. The Hall–Kier alpha value is -0.610. The van der Waals surface area contributed by atoms with Gasteiger partial charge in [-0.3, -0.25) is 4.79 Å². The Kier molecular flexibility index (Phi) is 2.73. The lowest BCUT2D eigenvalue weighted by molar-refractivity contribution is -0.157. The third-order valence-electron chi connectivity index (χ3n) is 2.94. The smallest absolute Gasteiger partial charge is 0.302 e. The molecule has 1 aliphatic carbocycles. The Bertz CT molecular complexity index is 245. The van der Waals surface area contributed by atoms with Gasteiger partial charge in [0.05, 0.1) is 18.8 Å². The second kappa shape index (κ2) is 3.76. The van der Waals surface area contributed by atoms with Crippen LogP contribution in [0.4, 0.5) is 0 Å². The number of hydrogen-bond donors (Lipinski definition) is 0. The number of ether oxygens (including phenoxy) is 3. The van der Waals surface area contributed by atoms with Crippen molar-refractivity contribution < 1.29 is 19.0 Å². The molecular formula is C11H18O4. The molecule has 1 aliphatic heterocycles. The highest BCUT2D eigenvalue weighted by molar-refractivity contribution is 5.65. The molecule has 2 fully saturated rings. The standard InChI is InChI=1S/C11H18O4/c1-7(12)13-6-8-4-9-10(5-8)15-11(2,3)14-9/h8-10H,4-6H2,1-3H3/t8?,9-,10+. The number of carbonyl (C=O) groups is 1. The topological polar surface area (TPSA) is 44.8 Å². The predicted molar refractivity (Wildman–Crippen MR) is 53.2 cm³/mol. The zero-order valence-electron chi connectivity index (χ0n) is 9.49. The van der Waals surface area contributed by atoms with E-state index in [9.17, 15) is 4.79 Å². The van der Waals surface area contributed by atoms with Crippen molar-refractivity contribution in [1.29, 1.82) is 0 Å². The Morgan fingerprint density at radius 3 is 2.33 bits per heavy atom. The second-order valence-corrected chi connectivity index (χ2v) is 4.85. The molecule has 1 unspecified atom stereocenters. The first-order valence-electron chi connectivity index (χ1n) is 5.45. The van der Waals surface area contributed by atoms with Crippen molar-refractivity contribution >= 4 is 5.97 Å². The van der Waals surface area contributed by atoms with Gasteiger partial charge in [0.25, 0.3) is 0 Å². The van der Waals surface area contributed by atoms with E-state index in [1.54, 1.807) is 0 Å². The third kappa shape index (κ3) is 2.49. The van der Waals surface area contributed by atoms with Crippen LogP contribution in [0.3, 0.4) is 0 Å². The normalized spacial score (nSPS) is 37.7.